The van der Waals surface area contributed by atoms with E-state index in [0.29, 0.717) is 11.5 Å². The number of hydrogen-bond acceptors (Lipinski definition) is 3. The van der Waals surface area contributed by atoms with Crippen LogP contribution in [0.3, 0.4) is 0 Å². The normalized spacial score (nSPS) is 20.2. The second-order valence-electron chi connectivity index (χ2n) is 4.46. The van der Waals surface area contributed by atoms with E-state index < -0.39 is 0 Å². The summed E-state index contributed by atoms with van der Waals surface area (Å²) < 4.78 is 1.11. The van der Waals surface area contributed by atoms with E-state index >= 15 is 0 Å². The van der Waals surface area contributed by atoms with Crippen LogP contribution in [-0.4, -0.2) is 11.5 Å². The number of halogens is 1. The van der Waals surface area contributed by atoms with Gasteiger partial charge >= 0.3 is 0 Å². The van der Waals surface area contributed by atoms with Gasteiger partial charge in [-0.05, 0) is 47.5 Å². The summed E-state index contributed by atoms with van der Waals surface area (Å²) in [6.07, 6.45) is 5.97. The number of thiazole rings is 1. The molecule has 1 aromatic heterocycles. The van der Waals surface area contributed by atoms with Gasteiger partial charge in [0.25, 0.3) is 0 Å². The highest BCUT2D eigenvalue weighted by molar-refractivity contribution is 9.11. The third-order valence-electron chi connectivity index (χ3n) is 3.36. The fourth-order valence-corrected chi connectivity index (χ4v) is 3.03. The third-order valence-corrected chi connectivity index (χ3v) is 5.02. The summed E-state index contributed by atoms with van der Waals surface area (Å²) in [7, 11) is 0. The molecule has 1 saturated carbocycles. The zero-order chi connectivity index (χ0) is 10.9. The van der Waals surface area contributed by atoms with Gasteiger partial charge in [-0.1, -0.05) is 6.92 Å². The predicted octanol–water partition coefficient (Wildman–Crippen LogP) is 3.75. The van der Waals surface area contributed by atoms with E-state index in [-0.39, 0.29) is 0 Å². The lowest BCUT2D eigenvalue weighted by molar-refractivity contribution is 0.414. The number of hydrogen-bond donors (Lipinski definition) is 1. The van der Waals surface area contributed by atoms with Crippen LogP contribution >= 0.6 is 27.3 Å². The molecule has 2 rings (SSSR count). The average molecular weight is 289 g/mol. The molecular formula is C11H17BrN2S. The SMILES string of the molecule is CCC1(CNC(C)c2ncc(Br)s2)CC1. The smallest absolute Gasteiger partial charge is 0.110 e. The van der Waals surface area contributed by atoms with Gasteiger partial charge < -0.3 is 5.32 Å². The second kappa shape index (κ2) is 4.52. The first-order chi connectivity index (χ1) is 7.15. The number of nitrogens with zero attached hydrogens (tertiary/aromatic N) is 1. The molecule has 1 heterocycles. The molecule has 0 saturated heterocycles. The van der Waals surface area contributed by atoms with Crippen LogP contribution in [0.4, 0.5) is 0 Å². The molecule has 1 aliphatic rings. The summed E-state index contributed by atoms with van der Waals surface area (Å²) >= 11 is 5.16. The van der Waals surface area contributed by atoms with Crippen LogP contribution in [0.2, 0.25) is 0 Å². The molecule has 0 aromatic carbocycles. The van der Waals surface area contributed by atoms with E-state index in [1.165, 1.54) is 24.3 Å². The molecule has 1 aromatic rings. The maximum atomic E-state index is 4.37. The number of aromatic nitrogens is 1. The molecule has 2 nitrogen and oxygen atoms in total. The molecule has 1 unspecified atom stereocenters. The van der Waals surface area contributed by atoms with Crippen LogP contribution in [0.1, 0.15) is 44.2 Å². The molecule has 84 valence electrons. The highest BCUT2D eigenvalue weighted by Gasteiger charge is 2.40. The minimum Gasteiger partial charge on any atom is -0.308 e. The Morgan fingerprint density at radius 3 is 2.87 bits per heavy atom. The minimum absolute atomic E-state index is 0.380. The maximum Gasteiger partial charge on any atom is 0.110 e. The molecule has 4 heteroatoms. The number of nitrogens with one attached hydrogen (secondary N) is 1. The second-order valence-corrected chi connectivity index (χ2v) is 6.90. The van der Waals surface area contributed by atoms with Gasteiger partial charge in [-0.2, -0.15) is 0 Å². The largest absolute Gasteiger partial charge is 0.308 e. The van der Waals surface area contributed by atoms with Crippen LogP contribution in [-0.2, 0) is 0 Å². The van der Waals surface area contributed by atoms with E-state index in [0.717, 1.165) is 10.3 Å². The van der Waals surface area contributed by atoms with Crippen molar-refractivity contribution >= 4 is 27.3 Å². The van der Waals surface area contributed by atoms with Crippen molar-refractivity contribution in [2.24, 2.45) is 5.41 Å². The molecule has 1 atom stereocenters. The lowest BCUT2D eigenvalue weighted by Crippen LogP contribution is -2.26. The van der Waals surface area contributed by atoms with Gasteiger partial charge in [-0.25, -0.2) is 4.98 Å². The summed E-state index contributed by atoms with van der Waals surface area (Å²) in [4.78, 5) is 4.37. The van der Waals surface area contributed by atoms with E-state index in [1.54, 1.807) is 11.3 Å². The monoisotopic (exact) mass is 288 g/mol. The Balaban J connectivity index is 1.85. The van der Waals surface area contributed by atoms with Crippen LogP contribution in [0.5, 0.6) is 0 Å². The lowest BCUT2D eigenvalue weighted by Gasteiger charge is -2.17. The van der Waals surface area contributed by atoms with Crippen molar-refractivity contribution in [3.8, 4) is 0 Å². The van der Waals surface area contributed by atoms with Crippen molar-refractivity contribution in [2.45, 2.75) is 39.2 Å². The molecule has 0 bridgehead atoms. The van der Waals surface area contributed by atoms with E-state index in [2.05, 4.69) is 40.1 Å². The van der Waals surface area contributed by atoms with Crippen molar-refractivity contribution in [1.82, 2.24) is 10.3 Å². The van der Waals surface area contributed by atoms with Crippen LogP contribution in [0.25, 0.3) is 0 Å². The first kappa shape index (κ1) is 11.6. The molecule has 1 N–H and O–H groups in total. The highest BCUT2D eigenvalue weighted by Crippen LogP contribution is 2.48. The van der Waals surface area contributed by atoms with E-state index in [9.17, 15) is 0 Å². The van der Waals surface area contributed by atoms with Crippen LogP contribution in [0, 0.1) is 5.41 Å². The number of rotatable bonds is 5. The van der Waals surface area contributed by atoms with Crippen molar-refractivity contribution in [3.63, 3.8) is 0 Å². The van der Waals surface area contributed by atoms with Gasteiger partial charge in [0.1, 0.15) is 5.01 Å². The maximum absolute atomic E-state index is 4.37. The molecule has 0 aliphatic heterocycles. The van der Waals surface area contributed by atoms with Gasteiger partial charge in [0.15, 0.2) is 0 Å². The Bertz CT molecular complexity index is 333. The van der Waals surface area contributed by atoms with Gasteiger partial charge in [-0.15, -0.1) is 11.3 Å². The Hall–Kier alpha value is 0.0700. The van der Waals surface area contributed by atoms with E-state index in [4.69, 9.17) is 0 Å². The Kier molecular flexibility index (Phi) is 3.48. The topological polar surface area (TPSA) is 24.9 Å². The molecular weight excluding hydrogens is 272 g/mol. The predicted molar refractivity (Wildman–Crippen MR) is 68.2 cm³/mol. The molecule has 0 amide bonds. The standard InChI is InChI=1S/C11H17BrN2S/c1-3-11(4-5-11)7-14-8(2)10-13-6-9(12)15-10/h6,8,14H,3-5,7H2,1-2H3. The first-order valence-corrected chi connectivity index (χ1v) is 7.11. The van der Waals surface area contributed by atoms with Crippen molar-refractivity contribution in [1.29, 1.82) is 0 Å². The summed E-state index contributed by atoms with van der Waals surface area (Å²) in [5.41, 5.74) is 0.614. The Morgan fingerprint density at radius 1 is 1.67 bits per heavy atom. The Labute approximate surface area is 104 Å². The highest BCUT2D eigenvalue weighted by atomic mass is 79.9. The minimum atomic E-state index is 0.380. The fraction of sp³-hybridized carbons (Fsp3) is 0.727. The molecule has 0 radical (unpaired) electrons. The molecule has 0 spiro atoms. The van der Waals surface area contributed by atoms with Gasteiger partial charge in [-0.3, -0.25) is 0 Å². The fourth-order valence-electron chi connectivity index (χ4n) is 1.76. The molecule has 1 aliphatic carbocycles. The average Bonchev–Trinajstić information content (AvgIpc) is 2.90. The quantitative estimate of drug-likeness (QED) is 0.893. The van der Waals surface area contributed by atoms with Gasteiger partial charge in [0.2, 0.25) is 0 Å². The van der Waals surface area contributed by atoms with Crippen molar-refractivity contribution < 1.29 is 0 Å². The lowest BCUT2D eigenvalue weighted by atomic mass is 10.0. The van der Waals surface area contributed by atoms with Crippen LogP contribution in [0.15, 0.2) is 9.98 Å². The zero-order valence-electron chi connectivity index (χ0n) is 9.22. The summed E-state index contributed by atoms with van der Waals surface area (Å²) in [6.45, 7) is 5.62. The van der Waals surface area contributed by atoms with Crippen LogP contribution < -0.4 is 5.32 Å². The summed E-state index contributed by atoms with van der Waals surface area (Å²) in [5, 5.41) is 4.77. The summed E-state index contributed by atoms with van der Waals surface area (Å²) in [6, 6.07) is 0.380. The molecule has 1 fully saturated rings. The molecule has 15 heavy (non-hydrogen) atoms. The van der Waals surface area contributed by atoms with E-state index in [1.807, 2.05) is 6.20 Å². The first-order valence-electron chi connectivity index (χ1n) is 5.50. The zero-order valence-corrected chi connectivity index (χ0v) is 11.6. The van der Waals surface area contributed by atoms with Gasteiger partial charge in [0, 0.05) is 6.54 Å². The third kappa shape index (κ3) is 2.80. The Morgan fingerprint density at radius 2 is 2.40 bits per heavy atom. The van der Waals surface area contributed by atoms with Gasteiger partial charge in [0.05, 0.1) is 16.0 Å². The van der Waals surface area contributed by atoms with Crippen molar-refractivity contribution in [2.75, 3.05) is 6.54 Å². The van der Waals surface area contributed by atoms with Crippen molar-refractivity contribution in [3.05, 3.63) is 15.0 Å². The summed E-state index contributed by atoms with van der Waals surface area (Å²) in [5.74, 6) is 0.